The van der Waals surface area contributed by atoms with Gasteiger partial charge in [-0.15, -0.1) is 0 Å². The summed E-state index contributed by atoms with van der Waals surface area (Å²) in [5.74, 6) is 0.895. The molecule has 23 heavy (non-hydrogen) atoms. The Morgan fingerprint density at radius 2 is 1.91 bits per heavy atom. The molecule has 0 saturated carbocycles. The van der Waals surface area contributed by atoms with Gasteiger partial charge in [0.25, 0.3) is 0 Å². The van der Waals surface area contributed by atoms with Gasteiger partial charge >= 0.3 is 0 Å². The van der Waals surface area contributed by atoms with E-state index in [1.54, 1.807) is 37.4 Å². The summed E-state index contributed by atoms with van der Waals surface area (Å²) in [6.07, 6.45) is 0. The third kappa shape index (κ3) is 2.98. The predicted octanol–water partition coefficient (Wildman–Crippen LogP) is 2.54. The molecule has 1 atom stereocenters. The molecular formula is C16H15NO6. The molecule has 3 rings (SSSR count). The van der Waals surface area contributed by atoms with Crippen LogP contribution in [0.25, 0.3) is 0 Å². The molecule has 0 bridgehead atoms. The number of methoxy groups -OCH3 is 1. The molecule has 1 aliphatic heterocycles. The summed E-state index contributed by atoms with van der Waals surface area (Å²) in [6.45, 7) is -0.278. The lowest BCUT2D eigenvalue weighted by atomic mass is 9.90. The normalized spacial score (nSPS) is 13.6. The zero-order valence-corrected chi connectivity index (χ0v) is 12.4. The largest absolute Gasteiger partial charge is 0.507 e. The molecule has 2 aromatic carbocycles. The highest BCUT2D eigenvalue weighted by atomic mass is 16.7. The molecule has 0 fully saturated rings. The van der Waals surface area contributed by atoms with Gasteiger partial charge in [-0.05, 0) is 23.8 Å². The Kier molecular flexibility index (Phi) is 3.92. The van der Waals surface area contributed by atoms with E-state index in [4.69, 9.17) is 14.2 Å². The van der Waals surface area contributed by atoms with Gasteiger partial charge in [-0.1, -0.05) is 12.1 Å². The highest BCUT2D eigenvalue weighted by molar-refractivity contribution is 5.54. The maximum Gasteiger partial charge on any atom is 0.231 e. The van der Waals surface area contributed by atoms with Gasteiger partial charge in [-0.25, -0.2) is 0 Å². The lowest BCUT2D eigenvalue weighted by molar-refractivity contribution is -0.481. The average Bonchev–Trinajstić information content (AvgIpc) is 2.99. The van der Waals surface area contributed by atoms with Crippen molar-refractivity contribution in [3.8, 4) is 23.0 Å². The van der Waals surface area contributed by atoms with Gasteiger partial charge in [-0.2, -0.15) is 0 Å². The van der Waals surface area contributed by atoms with Gasteiger partial charge < -0.3 is 19.3 Å². The zero-order valence-electron chi connectivity index (χ0n) is 12.4. The molecule has 7 nitrogen and oxygen atoms in total. The minimum absolute atomic E-state index is 0.0584. The molecule has 2 aromatic rings. The Labute approximate surface area is 132 Å². The lowest BCUT2D eigenvalue weighted by Gasteiger charge is -2.16. The summed E-state index contributed by atoms with van der Waals surface area (Å²) in [6, 6.07) is 9.97. The van der Waals surface area contributed by atoms with Crippen LogP contribution in [0.2, 0.25) is 0 Å². The van der Waals surface area contributed by atoms with Gasteiger partial charge in [-0.3, -0.25) is 10.1 Å². The van der Waals surface area contributed by atoms with Crippen molar-refractivity contribution in [3.05, 3.63) is 57.6 Å². The predicted molar refractivity (Wildman–Crippen MR) is 80.9 cm³/mol. The van der Waals surface area contributed by atoms with Crippen LogP contribution in [0.1, 0.15) is 17.0 Å². The topological polar surface area (TPSA) is 91.1 Å². The van der Waals surface area contributed by atoms with E-state index >= 15 is 0 Å². The summed E-state index contributed by atoms with van der Waals surface area (Å²) in [4.78, 5) is 10.7. The van der Waals surface area contributed by atoms with Gasteiger partial charge in [0, 0.05) is 16.6 Å². The summed E-state index contributed by atoms with van der Waals surface area (Å²) in [5.41, 5.74) is 1.13. The first kappa shape index (κ1) is 15.0. The van der Waals surface area contributed by atoms with Crippen LogP contribution < -0.4 is 14.2 Å². The van der Waals surface area contributed by atoms with Crippen molar-refractivity contribution in [3.63, 3.8) is 0 Å². The molecule has 0 spiro atoms. The number of fused-ring (bicyclic) bond motifs is 1. The molecule has 1 heterocycles. The number of hydrogen-bond acceptors (Lipinski definition) is 6. The molecule has 0 unspecified atom stereocenters. The smallest absolute Gasteiger partial charge is 0.231 e. The van der Waals surface area contributed by atoms with Crippen molar-refractivity contribution in [2.45, 2.75) is 5.92 Å². The Hall–Kier alpha value is -2.96. The van der Waals surface area contributed by atoms with Crippen LogP contribution in [-0.4, -0.2) is 30.5 Å². The summed E-state index contributed by atoms with van der Waals surface area (Å²) in [7, 11) is 1.55. The van der Waals surface area contributed by atoms with Gasteiger partial charge in [0.1, 0.15) is 11.5 Å². The SMILES string of the molecule is COc1ccc([C@H](C[N+](=O)[O-])c2cc3c(cc2O)OCO3)cc1. The van der Waals surface area contributed by atoms with E-state index in [1.165, 1.54) is 6.07 Å². The van der Waals surface area contributed by atoms with E-state index in [-0.39, 0.29) is 19.1 Å². The van der Waals surface area contributed by atoms with Crippen LogP contribution in [0.15, 0.2) is 36.4 Å². The van der Waals surface area contributed by atoms with E-state index in [1.807, 2.05) is 0 Å². The molecule has 1 aliphatic rings. The first-order valence-corrected chi connectivity index (χ1v) is 6.96. The van der Waals surface area contributed by atoms with Crippen molar-refractivity contribution in [2.24, 2.45) is 0 Å². The third-order valence-corrected chi connectivity index (χ3v) is 3.75. The fourth-order valence-electron chi connectivity index (χ4n) is 2.59. The highest BCUT2D eigenvalue weighted by Gasteiger charge is 2.27. The summed E-state index contributed by atoms with van der Waals surface area (Å²) in [5, 5.41) is 21.3. The van der Waals surface area contributed by atoms with Crippen LogP contribution in [0.3, 0.4) is 0 Å². The van der Waals surface area contributed by atoms with Crippen molar-refractivity contribution in [1.29, 1.82) is 0 Å². The van der Waals surface area contributed by atoms with Crippen LogP contribution in [0, 0.1) is 10.1 Å². The molecule has 0 saturated heterocycles. The number of benzene rings is 2. The van der Waals surface area contributed by atoms with E-state index in [2.05, 4.69) is 0 Å². The fourth-order valence-corrected chi connectivity index (χ4v) is 2.59. The van der Waals surface area contributed by atoms with Crippen molar-refractivity contribution < 1.29 is 24.2 Å². The fraction of sp³-hybridized carbons (Fsp3) is 0.250. The number of rotatable bonds is 5. The third-order valence-electron chi connectivity index (χ3n) is 3.75. The maximum atomic E-state index is 11.1. The Morgan fingerprint density at radius 3 is 2.52 bits per heavy atom. The zero-order chi connectivity index (χ0) is 16.4. The molecular weight excluding hydrogens is 302 g/mol. The van der Waals surface area contributed by atoms with E-state index in [0.717, 1.165) is 0 Å². The molecule has 120 valence electrons. The van der Waals surface area contributed by atoms with Crippen LogP contribution >= 0.6 is 0 Å². The Morgan fingerprint density at radius 1 is 1.26 bits per heavy atom. The summed E-state index contributed by atoms with van der Waals surface area (Å²) >= 11 is 0. The highest BCUT2D eigenvalue weighted by Crippen LogP contribution is 2.42. The summed E-state index contributed by atoms with van der Waals surface area (Å²) < 4.78 is 15.6. The molecule has 0 aliphatic carbocycles. The molecule has 7 heteroatoms. The molecule has 0 radical (unpaired) electrons. The van der Waals surface area contributed by atoms with Crippen LogP contribution in [-0.2, 0) is 0 Å². The number of phenolic OH excluding ortho intramolecular Hbond substituents is 1. The lowest BCUT2D eigenvalue weighted by Crippen LogP contribution is -2.14. The number of ether oxygens (including phenoxy) is 3. The number of hydrogen-bond donors (Lipinski definition) is 1. The molecule has 0 amide bonds. The van der Waals surface area contributed by atoms with E-state index < -0.39 is 10.8 Å². The van der Waals surface area contributed by atoms with Gasteiger partial charge in [0.2, 0.25) is 13.3 Å². The minimum atomic E-state index is -0.606. The maximum absolute atomic E-state index is 11.1. The first-order chi connectivity index (χ1) is 11.1. The second-order valence-corrected chi connectivity index (χ2v) is 5.11. The quantitative estimate of drug-likeness (QED) is 0.673. The number of nitrogens with zero attached hydrogens (tertiary/aromatic N) is 1. The molecule has 0 aromatic heterocycles. The number of aromatic hydroxyl groups is 1. The van der Waals surface area contributed by atoms with Crippen molar-refractivity contribution in [1.82, 2.24) is 0 Å². The van der Waals surface area contributed by atoms with E-state index in [9.17, 15) is 15.2 Å². The second kappa shape index (κ2) is 6.04. The minimum Gasteiger partial charge on any atom is -0.507 e. The van der Waals surface area contributed by atoms with Crippen LogP contribution in [0.5, 0.6) is 23.0 Å². The number of phenols is 1. The second-order valence-electron chi connectivity index (χ2n) is 5.11. The van der Waals surface area contributed by atoms with Crippen molar-refractivity contribution in [2.75, 3.05) is 20.4 Å². The Bertz CT molecular complexity index is 728. The van der Waals surface area contributed by atoms with Gasteiger partial charge in [0.15, 0.2) is 11.5 Å². The van der Waals surface area contributed by atoms with Crippen molar-refractivity contribution >= 4 is 0 Å². The number of nitro groups is 1. The monoisotopic (exact) mass is 317 g/mol. The molecule has 1 N–H and O–H groups in total. The van der Waals surface area contributed by atoms with E-state index in [0.29, 0.717) is 28.4 Å². The standard InChI is InChI=1S/C16H15NO6/c1-21-11-4-2-10(3-5-11)13(8-17(19)20)12-6-15-16(7-14(12)18)23-9-22-15/h2-7,13,18H,8-9H2,1H3/t13-/m0/s1. The average molecular weight is 317 g/mol. The first-order valence-electron chi connectivity index (χ1n) is 6.96. The van der Waals surface area contributed by atoms with Gasteiger partial charge in [0.05, 0.1) is 13.0 Å². The van der Waals surface area contributed by atoms with Crippen LogP contribution in [0.4, 0.5) is 0 Å². The Balaban J connectivity index is 2.03.